The molecule has 1 fully saturated rings. The molecule has 4 rings (SSSR count). The summed E-state index contributed by atoms with van der Waals surface area (Å²) < 4.78 is 32.7. The van der Waals surface area contributed by atoms with Gasteiger partial charge in [-0.05, 0) is 63.1 Å². The van der Waals surface area contributed by atoms with Crippen LogP contribution in [0.5, 0.6) is 0 Å². The molecule has 9 nitrogen and oxygen atoms in total. The van der Waals surface area contributed by atoms with Gasteiger partial charge in [0.15, 0.2) is 0 Å². The highest BCUT2D eigenvalue weighted by Crippen LogP contribution is 2.36. The van der Waals surface area contributed by atoms with Crippen LogP contribution in [0, 0.1) is 17.2 Å². The summed E-state index contributed by atoms with van der Waals surface area (Å²) in [6, 6.07) is 7.94. The van der Waals surface area contributed by atoms with E-state index in [1.54, 1.807) is 6.92 Å². The second kappa shape index (κ2) is 10.5. The maximum absolute atomic E-state index is 13.1. The van der Waals surface area contributed by atoms with Gasteiger partial charge >= 0.3 is 5.97 Å². The number of hydrogen-bond donors (Lipinski definition) is 1. The number of carbonyl (C=O) groups is 2. The van der Waals surface area contributed by atoms with Gasteiger partial charge in [-0.2, -0.15) is 9.57 Å². The zero-order valence-electron chi connectivity index (χ0n) is 19.7. The number of nitriles is 1. The SMILES string of the molecule is CCOC(=O)C1CCCN(S(=O)(=O)c2ccc(C(=O)Nc3sc4c(c3C#N)CCN(C)C4)cc2)C1. The van der Waals surface area contributed by atoms with E-state index in [1.807, 2.05) is 7.05 Å². The normalized spacial score (nSPS) is 18.9. The number of nitrogens with one attached hydrogen (secondary N) is 1. The first kappa shape index (κ1) is 25.3. The zero-order valence-corrected chi connectivity index (χ0v) is 21.4. The molecule has 1 unspecified atom stereocenters. The van der Waals surface area contributed by atoms with Gasteiger partial charge in [-0.1, -0.05) is 0 Å². The number of hydrogen-bond acceptors (Lipinski definition) is 8. The number of benzene rings is 1. The molecule has 1 aromatic carbocycles. The van der Waals surface area contributed by atoms with Crippen molar-refractivity contribution in [3.05, 3.63) is 45.8 Å². The van der Waals surface area contributed by atoms with E-state index in [2.05, 4.69) is 16.3 Å². The monoisotopic (exact) mass is 516 g/mol. The van der Waals surface area contributed by atoms with Crippen molar-refractivity contribution < 1.29 is 22.7 Å². The van der Waals surface area contributed by atoms with Gasteiger partial charge in [-0.25, -0.2) is 8.42 Å². The van der Waals surface area contributed by atoms with Gasteiger partial charge in [0.2, 0.25) is 10.0 Å². The van der Waals surface area contributed by atoms with E-state index in [0.717, 1.165) is 30.0 Å². The molecular formula is C24H28N4O5S2. The molecule has 0 radical (unpaired) electrons. The Bertz CT molecular complexity index is 1260. The largest absolute Gasteiger partial charge is 0.466 e. The predicted molar refractivity (Wildman–Crippen MR) is 132 cm³/mol. The summed E-state index contributed by atoms with van der Waals surface area (Å²) in [5.41, 5.74) is 1.79. The Labute approximate surface area is 209 Å². The quantitative estimate of drug-likeness (QED) is 0.586. The number of rotatable bonds is 6. The molecule has 0 aliphatic carbocycles. The standard InChI is InChI=1S/C24H28N4O5S2/c1-3-33-24(30)17-5-4-11-28(14-17)35(31,32)18-8-6-16(7-9-18)22(29)26-23-20(13-25)19-10-12-27(2)15-21(19)34-23/h6-9,17H,3-5,10-12,14-15H2,1-2H3,(H,26,29). The van der Waals surface area contributed by atoms with Gasteiger partial charge < -0.3 is 15.0 Å². The van der Waals surface area contributed by atoms with Crippen molar-refractivity contribution in [1.82, 2.24) is 9.21 Å². The van der Waals surface area contributed by atoms with Crippen molar-refractivity contribution in [2.45, 2.75) is 37.6 Å². The third-order valence-corrected chi connectivity index (χ3v) is 9.36. The van der Waals surface area contributed by atoms with Crippen molar-refractivity contribution in [3.8, 4) is 6.07 Å². The second-order valence-electron chi connectivity index (χ2n) is 8.74. The molecule has 1 N–H and O–H groups in total. The number of amides is 1. The predicted octanol–water partition coefficient (Wildman–Crippen LogP) is 2.82. The zero-order chi connectivity index (χ0) is 25.2. The molecule has 2 aliphatic heterocycles. The average Bonchev–Trinajstić information content (AvgIpc) is 3.20. The number of fused-ring (bicyclic) bond motifs is 1. The summed E-state index contributed by atoms with van der Waals surface area (Å²) in [6.45, 7) is 3.99. The van der Waals surface area contributed by atoms with Crippen LogP contribution in [0.3, 0.4) is 0 Å². The molecule has 3 heterocycles. The highest BCUT2D eigenvalue weighted by molar-refractivity contribution is 7.89. The molecule has 35 heavy (non-hydrogen) atoms. The third-order valence-electron chi connectivity index (χ3n) is 6.34. The molecule has 0 bridgehead atoms. The number of thiophene rings is 1. The van der Waals surface area contributed by atoms with Gasteiger partial charge in [0, 0.05) is 36.6 Å². The van der Waals surface area contributed by atoms with Gasteiger partial charge in [-0.15, -0.1) is 11.3 Å². The molecular weight excluding hydrogens is 488 g/mol. The molecule has 2 aromatic rings. The number of carbonyl (C=O) groups excluding carboxylic acids is 2. The van der Waals surface area contributed by atoms with E-state index in [0.29, 0.717) is 35.5 Å². The summed E-state index contributed by atoms with van der Waals surface area (Å²) in [5, 5.41) is 13.0. The summed E-state index contributed by atoms with van der Waals surface area (Å²) in [4.78, 5) is 28.3. The number of sulfonamides is 1. The summed E-state index contributed by atoms with van der Waals surface area (Å²) in [6.07, 6.45) is 1.93. The number of piperidine rings is 1. The van der Waals surface area contributed by atoms with Crippen molar-refractivity contribution in [2.24, 2.45) is 5.92 Å². The first-order valence-corrected chi connectivity index (χ1v) is 13.8. The van der Waals surface area contributed by atoms with Crippen LogP contribution in [0.25, 0.3) is 0 Å². The van der Waals surface area contributed by atoms with E-state index < -0.39 is 21.8 Å². The average molecular weight is 517 g/mol. The van der Waals surface area contributed by atoms with Crippen LogP contribution in [-0.4, -0.2) is 62.8 Å². The molecule has 0 spiro atoms. The minimum absolute atomic E-state index is 0.0610. The lowest BCUT2D eigenvalue weighted by molar-refractivity contribution is -0.149. The Morgan fingerprint density at radius 3 is 2.69 bits per heavy atom. The molecule has 2 aliphatic rings. The number of esters is 1. The summed E-state index contributed by atoms with van der Waals surface area (Å²) in [7, 11) is -1.80. The Morgan fingerprint density at radius 2 is 2.00 bits per heavy atom. The van der Waals surface area contributed by atoms with Crippen LogP contribution in [0.15, 0.2) is 29.2 Å². The van der Waals surface area contributed by atoms with E-state index in [9.17, 15) is 23.3 Å². The van der Waals surface area contributed by atoms with Crippen LogP contribution in [0.1, 0.15) is 46.1 Å². The van der Waals surface area contributed by atoms with Crippen molar-refractivity contribution in [1.29, 1.82) is 5.26 Å². The number of likely N-dealkylation sites (N-methyl/N-ethyl adjacent to an activating group) is 1. The van der Waals surface area contributed by atoms with Gasteiger partial charge in [0.25, 0.3) is 5.91 Å². The van der Waals surface area contributed by atoms with Crippen LogP contribution in [0.4, 0.5) is 5.00 Å². The fraction of sp³-hybridized carbons (Fsp3) is 0.458. The second-order valence-corrected chi connectivity index (χ2v) is 11.8. The molecule has 1 saturated heterocycles. The fourth-order valence-corrected chi connectivity index (χ4v) is 7.25. The van der Waals surface area contributed by atoms with Crippen LogP contribution in [-0.2, 0) is 32.5 Å². The highest BCUT2D eigenvalue weighted by Gasteiger charge is 2.34. The molecule has 1 amide bonds. The van der Waals surface area contributed by atoms with E-state index in [4.69, 9.17) is 4.74 Å². The Morgan fingerprint density at radius 1 is 1.26 bits per heavy atom. The molecule has 0 saturated carbocycles. The number of ether oxygens (including phenoxy) is 1. The smallest absolute Gasteiger partial charge is 0.310 e. The lowest BCUT2D eigenvalue weighted by atomic mass is 10.0. The maximum Gasteiger partial charge on any atom is 0.310 e. The Kier molecular flexibility index (Phi) is 7.56. The third kappa shape index (κ3) is 5.26. The maximum atomic E-state index is 13.1. The minimum Gasteiger partial charge on any atom is -0.466 e. The lowest BCUT2D eigenvalue weighted by Crippen LogP contribution is -2.42. The summed E-state index contributed by atoms with van der Waals surface area (Å²) in [5.74, 6) is -1.26. The Balaban J connectivity index is 1.48. The first-order chi connectivity index (χ1) is 16.7. The lowest BCUT2D eigenvalue weighted by Gasteiger charge is -2.30. The van der Waals surface area contributed by atoms with Gasteiger partial charge in [-0.3, -0.25) is 9.59 Å². The number of nitrogens with zero attached hydrogens (tertiary/aromatic N) is 3. The van der Waals surface area contributed by atoms with E-state index >= 15 is 0 Å². The van der Waals surface area contributed by atoms with Crippen molar-refractivity contribution >= 4 is 38.2 Å². The molecule has 186 valence electrons. The Hall–Kier alpha value is -2.78. The highest BCUT2D eigenvalue weighted by atomic mass is 32.2. The first-order valence-electron chi connectivity index (χ1n) is 11.6. The summed E-state index contributed by atoms with van der Waals surface area (Å²) >= 11 is 1.41. The van der Waals surface area contributed by atoms with Gasteiger partial charge in [0.1, 0.15) is 11.1 Å². The fourth-order valence-electron chi connectivity index (χ4n) is 4.45. The van der Waals surface area contributed by atoms with Crippen LogP contribution in [0.2, 0.25) is 0 Å². The molecule has 1 aromatic heterocycles. The van der Waals surface area contributed by atoms with Gasteiger partial charge in [0.05, 0.1) is 23.0 Å². The number of anilines is 1. The van der Waals surface area contributed by atoms with Crippen LogP contribution >= 0.6 is 11.3 Å². The van der Waals surface area contributed by atoms with E-state index in [-0.39, 0.29) is 24.0 Å². The molecule has 1 atom stereocenters. The van der Waals surface area contributed by atoms with Crippen molar-refractivity contribution in [3.63, 3.8) is 0 Å². The van der Waals surface area contributed by atoms with E-state index in [1.165, 1.54) is 39.9 Å². The molecule has 11 heteroatoms. The minimum atomic E-state index is -3.81. The van der Waals surface area contributed by atoms with Crippen LogP contribution < -0.4 is 5.32 Å². The topological polar surface area (TPSA) is 120 Å². The van der Waals surface area contributed by atoms with Crippen molar-refractivity contribution in [2.75, 3.05) is 38.6 Å².